The highest BCUT2D eigenvalue weighted by molar-refractivity contribution is 5.92. The number of aryl methyl sites for hydroxylation is 1. The Labute approximate surface area is 132 Å². The van der Waals surface area contributed by atoms with Crippen LogP contribution >= 0.6 is 0 Å². The van der Waals surface area contributed by atoms with Gasteiger partial charge < -0.3 is 10.1 Å². The zero-order chi connectivity index (χ0) is 18.0. The Morgan fingerprint density at radius 1 is 1.22 bits per heavy atom. The molecule has 130 valence electrons. The number of rotatable bonds is 4. The first kappa shape index (κ1) is 19.0. The van der Waals surface area contributed by atoms with Crippen LogP contribution in [0.2, 0.25) is 0 Å². The molecule has 0 saturated heterocycles. The molecule has 1 aromatic rings. The molecule has 0 aliphatic carbocycles. The third-order valence-corrected chi connectivity index (χ3v) is 2.79. The fourth-order valence-electron chi connectivity index (χ4n) is 1.88. The normalized spacial score (nSPS) is 12.2. The molecule has 0 unspecified atom stereocenters. The van der Waals surface area contributed by atoms with Gasteiger partial charge in [0.05, 0.1) is 6.42 Å². The topological polar surface area (TPSA) is 73.2 Å². The zero-order valence-corrected chi connectivity index (χ0v) is 13.7. The first-order chi connectivity index (χ1) is 10.3. The summed E-state index contributed by atoms with van der Waals surface area (Å²) in [5.74, 6) is -1.19. The lowest BCUT2D eigenvalue weighted by molar-refractivity contribution is -0.155. The molecule has 1 amide bonds. The van der Waals surface area contributed by atoms with Gasteiger partial charge in [-0.15, -0.1) is 0 Å². The maximum atomic E-state index is 12.7. The van der Waals surface area contributed by atoms with Crippen LogP contribution in [0.3, 0.4) is 0 Å². The third kappa shape index (κ3) is 5.57. The number of halogens is 3. The summed E-state index contributed by atoms with van der Waals surface area (Å²) in [6.07, 6.45) is -4.95. The van der Waals surface area contributed by atoms with Crippen molar-refractivity contribution in [1.82, 2.24) is 9.78 Å². The van der Waals surface area contributed by atoms with Crippen molar-refractivity contribution in [3.05, 3.63) is 11.3 Å². The van der Waals surface area contributed by atoms with E-state index in [1.807, 2.05) is 0 Å². The summed E-state index contributed by atoms with van der Waals surface area (Å²) in [5.41, 5.74) is -1.89. The van der Waals surface area contributed by atoms with Gasteiger partial charge >= 0.3 is 12.1 Å². The van der Waals surface area contributed by atoms with Crippen LogP contribution in [0.25, 0.3) is 0 Å². The Balaban J connectivity index is 2.69. The van der Waals surface area contributed by atoms with Crippen LogP contribution < -0.4 is 5.32 Å². The molecule has 0 bridgehead atoms. The monoisotopic (exact) mass is 335 g/mol. The Morgan fingerprint density at radius 2 is 1.78 bits per heavy atom. The number of alkyl halides is 3. The van der Waals surface area contributed by atoms with Crippen molar-refractivity contribution in [3.8, 4) is 0 Å². The number of nitrogens with one attached hydrogen (secondary N) is 1. The van der Waals surface area contributed by atoms with Gasteiger partial charge in [0.15, 0.2) is 5.69 Å². The minimum absolute atomic E-state index is 0.0495. The molecule has 0 fully saturated rings. The van der Waals surface area contributed by atoms with Crippen LogP contribution in [0.5, 0.6) is 0 Å². The minimum Gasteiger partial charge on any atom is -0.460 e. The highest BCUT2D eigenvalue weighted by Crippen LogP contribution is 2.33. The number of hydrogen-bond acceptors (Lipinski definition) is 4. The van der Waals surface area contributed by atoms with Gasteiger partial charge in [0, 0.05) is 19.0 Å². The lowest BCUT2D eigenvalue weighted by atomic mass is 10.2. The van der Waals surface area contributed by atoms with Crippen LogP contribution in [-0.2, 0) is 27.5 Å². The van der Waals surface area contributed by atoms with Crippen LogP contribution in [-0.4, -0.2) is 27.3 Å². The molecule has 0 saturated carbocycles. The van der Waals surface area contributed by atoms with E-state index >= 15 is 0 Å². The highest BCUT2D eigenvalue weighted by atomic mass is 19.4. The smallest absolute Gasteiger partial charge is 0.435 e. The summed E-state index contributed by atoms with van der Waals surface area (Å²) in [6.45, 7) is 6.31. The number of carbonyl (C=O) groups excluding carboxylic acids is 2. The van der Waals surface area contributed by atoms with Gasteiger partial charge in [-0.2, -0.15) is 18.3 Å². The largest absolute Gasteiger partial charge is 0.460 e. The summed E-state index contributed by atoms with van der Waals surface area (Å²) in [5, 5.41) is 5.71. The van der Waals surface area contributed by atoms with E-state index in [2.05, 4.69) is 10.4 Å². The highest BCUT2D eigenvalue weighted by Gasteiger charge is 2.37. The van der Waals surface area contributed by atoms with Crippen molar-refractivity contribution in [1.29, 1.82) is 0 Å². The predicted octanol–water partition coefficient (Wildman–Crippen LogP) is 2.81. The summed E-state index contributed by atoms with van der Waals surface area (Å²) in [4.78, 5) is 23.3. The maximum Gasteiger partial charge on any atom is 0.435 e. The Kier molecular flexibility index (Phi) is 5.44. The fraction of sp³-hybridized carbons (Fsp3) is 0.643. The molecule has 6 nitrogen and oxygen atoms in total. The second-order valence-electron chi connectivity index (χ2n) is 6.08. The van der Waals surface area contributed by atoms with Gasteiger partial charge in [0.2, 0.25) is 5.91 Å². The number of carbonyl (C=O) groups is 2. The molecule has 0 spiro atoms. The van der Waals surface area contributed by atoms with Gasteiger partial charge in [-0.25, -0.2) is 0 Å². The van der Waals surface area contributed by atoms with Crippen LogP contribution in [0.1, 0.15) is 44.9 Å². The summed E-state index contributed by atoms with van der Waals surface area (Å²) < 4.78 is 44.2. The van der Waals surface area contributed by atoms with Crippen LogP contribution in [0.4, 0.5) is 19.0 Å². The number of anilines is 1. The summed E-state index contributed by atoms with van der Waals surface area (Å²) >= 11 is 0. The van der Waals surface area contributed by atoms with E-state index in [1.165, 1.54) is 14.0 Å². The van der Waals surface area contributed by atoms with Crippen molar-refractivity contribution in [2.45, 2.75) is 52.3 Å². The lowest BCUT2D eigenvalue weighted by Crippen LogP contribution is -2.25. The molecule has 1 rings (SSSR count). The molecular formula is C14H20F3N3O3. The van der Waals surface area contributed by atoms with E-state index in [-0.39, 0.29) is 24.2 Å². The van der Waals surface area contributed by atoms with Crippen molar-refractivity contribution in [3.63, 3.8) is 0 Å². The van der Waals surface area contributed by atoms with E-state index in [0.29, 0.717) is 0 Å². The predicted molar refractivity (Wildman–Crippen MR) is 76.7 cm³/mol. The first-order valence-electron chi connectivity index (χ1n) is 6.93. The molecular weight excluding hydrogens is 315 g/mol. The second kappa shape index (κ2) is 6.59. The molecule has 1 aromatic heterocycles. The molecule has 0 aromatic carbocycles. The van der Waals surface area contributed by atoms with E-state index < -0.39 is 29.3 Å². The minimum atomic E-state index is -4.60. The van der Waals surface area contributed by atoms with Crippen molar-refractivity contribution >= 4 is 17.7 Å². The SMILES string of the molecule is Cc1c(C(F)(F)F)nn(C)c1NC(=O)CCC(=O)OC(C)(C)C. The Bertz CT molecular complexity index is 601. The quantitative estimate of drug-likeness (QED) is 0.859. The van der Waals surface area contributed by atoms with Crippen LogP contribution in [0, 0.1) is 6.92 Å². The van der Waals surface area contributed by atoms with Crippen molar-refractivity contribution < 1.29 is 27.5 Å². The maximum absolute atomic E-state index is 12.7. The number of ether oxygens (including phenoxy) is 1. The fourth-order valence-corrected chi connectivity index (χ4v) is 1.88. The van der Waals surface area contributed by atoms with E-state index in [1.54, 1.807) is 20.8 Å². The molecule has 0 aliphatic heterocycles. The van der Waals surface area contributed by atoms with Gasteiger partial charge in [0.25, 0.3) is 0 Å². The number of aromatic nitrogens is 2. The average molecular weight is 335 g/mol. The van der Waals surface area contributed by atoms with Crippen molar-refractivity contribution in [2.75, 3.05) is 5.32 Å². The average Bonchev–Trinajstić information content (AvgIpc) is 2.62. The molecule has 23 heavy (non-hydrogen) atoms. The number of esters is 1. The number of nitrogens with zero attached hydrogens (tertiary/aromatic N) is 2. The summed E-state index contributed by atoms with van der Waals surface area (Å²) in [7, 11) is 1.30. The van der Waals surface area contributed by atoms with Crippen LogP contribution in [0.15, 0.2) is 0 Å². The first-order valence-corrected chi connectivity index (χ1v) is 6.93. The Hall–Kier alpha value is -2.06. The lowest BCUT2D eigenvalue weighted by Gasteiger charge is -2.19. The Morgan fingerprint density at radius 3 is 2.22 bits per heavy atom. The van der Waals surface area contributed by atoms with Gasteiger partial charge in [-0.3, -0.25) is 14.3 Å². The molecule has 1 heterocycles. The zero-order valence-electron chi connectivity index (χ0n) is 13.7. The van der Waals surface area contributed by atoms with E-state index in [0.717, 1.165) is 4.68 Å². The second-order valence-corrected chi connectivity index (χ2v) is 6.08. The van der Waals surface area contributed by atoms with Gasteiger partial charge in [-0.05, 0) is 27.7 Å². The third-order valence-electron chi connectivity index (χ3n) is 2.79. The molecule has 1 N–H and O–H groups in total. The molecule has 0 atom stereocenters. The van der Waals surface area contributed by atoms with E-state index in [4.69, 9.17) is 4.74 Å². The summed E-state index contributed by atoms with van der Waals surface area (Å²) in [6, 6.07) is 0. The number of hydrogen-bond donors (Lipinski definition) is 1. The van der Waals surface area contributed by atoms with Gasteiger partial charge in [-0.1, -0.05) is 0 Å². The van der Waals surface area contributed by atoms with E-state index in [9.17, 15) is 22.8 Å². The molecule has 9 heteroatoms. The van der Waals surface area contributed by atoms with Gasteiger partial charge in [0.1, 0.15) is 11.4 Å². The standard InChI is InChI=1S/C14H20F3N3O3/c1-8-11(14(15,16)17)19-20(5)12(8)18-9(21)6-7-10(22)23-13(2,3)4/h6-7H2,1-5H3,(H,18,21). The molecule has 0 radical (unpaired) electrons. The molecule has 0 aliphatic rings. The van der Waals surface area contributed by atoms with Crippen molar-refractivity contribution in [2.24, 2.45) is 7.05 Å². The number of amides is 1.